The van der Waals surface area contributed by atoms with Crippen LogP contribution in [0.1, 0.15) is 18.2 Å². The Balaban J connectivity index is 0.000000891. The van der Waals surface area contributed by atoms with Crippen molar-refractivity contribution in [3.05, 3.63) is 48.6 Å². The van der Waals surface area contributed by atoms with Crippen molar-refractivity contribution >= 4 is 7.82 Å². The van der Waals surface area contributed by atoms with E-state index in [0.29, 0.717) is 5.56 Å². The van der Waals surface area contributed by atoms with Gasteiger partial charge >= 0.3 is 13.5 Å². The SMILES string of the molecule is Cc1cn([C@H]2C[C@H](O)[C@@H](COP(=O)(O)O)O2)c(=O)[nH]c1=O.[N-]=[N+]=[N-]. The Bertz CT molecular complexity index is 763. The zero-order valence-electron chi connectivity index (χ0n) is 12.3. The van der Waals surface area contributed by atoms with Gasteiger partial charge in [0.15, 0.2) is 0 Å². The molecular formula is C10H15N5O8P-. The van der Waals surface area contributed by atoms with Gasteiger partial charge in [-0.1, -0.05) is 0 Å². The van der Waals surface area contributed by atoms with Crippen LogP contribution < -0.4 is 11.2 Å². The molecule has 0 aromatic carbocycles. The number of aliphatic hydroxyl groups is 1. The van der Waals surface area contributed by atoms with Crippen LogP contribution in [0.2, 0.25) is 0 Å². The fourth-order valence-electron chi connectivity index (χ4n) is 2.01. The standard InChI is InChI=1S/C10H15N2O8P.N3/c1-5-3-12(10(15)11-9(5)14)8-2-6(13)7(20-8)4-19-21(16,17)18;1-3-2/h3,6-8,13H,2,4H2,1H3,(H,11,14,15)(H2,16,17,18);/q;-1/t6-,7+,8+;/m0./s1. The summed E-state index contributed by atoms with van der Waals surface area (Å²) < 4.78 is 21.4. The molecule has 1 aliphatic rings. The minimum Gasteiger partial charge on any atom is -0.390 e. The van der Waals surface area contributed by atoms with Crippen molar-refractivity contribution in [3.63, 3.8) is 0 Å². The van der Waals surface area contributed by atoms with Crippen molar-refractivity contribution in [1.29, 1.82) is 0 Å². The predicted molar refractivity (Wildman–Crippen MR) is 78.7 cm³/mol. The Labute approximate surface area is 134 Å². The van der Waals surface area contributed by atoms with Gasteiger partial charge in [-0.05, 0) is 6.92 Å². The van der Waals surface area contributed by atoms with Crippen LogP contribution in [0, 0.1) is 6.92 Å². The highest BCUT2D eigenvalue weighted by Gasteiger charge is 2.37. The summed E-state index contributed by atoms with van der Waals surface area (Å²) in [4.78, 5) is 43.8. The van der Waals surface area contributed by atoms with Crippen LogP contribution in [0.15, 0.2) is 15.8 Å². The number of nitrogens with one attached hydrogen (secondary N) is 1. The molecule has 0 radical (unpaired) electrons. The molecular weight excluding hydrogens is 349 g/mol. The average molecular weight is 364 g/mol. The zero-order valence-corrected chi connectivity index (χ0v) is 13.2. The van der Waals surface area contributed by atoms with Crippen LogP contribution >= 0.6 is 7.82 Å². The summed E-state index contributed by atoms with van der Waals surface area (Å²) in [6, 6.07) is 0. The number of H-pyrrole nitrogens is 1. The number of aryl methyl sites for hydroxylation is 1. The Hall–Kier alpha value is -1.98. The molecule has 1 aliphatic heterocycles. The van der Waals surface area contributed by atoms with Gasteiger partial charge in [-0.3, -0.25) is 23.8 Å². The Morgan fingerprint density at radius 1 is 1.50 bits per heavy atom. The maximum absolute atomic E-state index is 11.7. The molecule has 0 bridgehead atoms. The minimum atomic E-state index is -4.67. The summed E-state index contributed by atoms with van der Waals surface area (Å²) in [7, 11) is -4.67. The normalized spacial score (nSPS) is 23.2. The topological polar surface area (TPSA) is 210 Å². The molecule has 14 heteroatoms. The van der Waals surface area contributed by atoms with Crippen molar-refractivity contribution in [3.8, 4) is 0 Å². The number of phosphoric acid groups is 1. The molecule has 0 aliphatic carbocycles. The van der Waals surface area contributed by atoms with Gasteiger partial charge in [-0.15, -0.1) is 0 Å². The molecule has 1 fully saturated rings. The Morgan fingerprint density at radius 2 is 2.08 bits per heavy atom. The van der Waals surface area contributed by atoms with E-state index in [1.165, 1.54) is 18.0 Å². The monoisotopic (exact) mass is 364 g/mol. The summed E-state index contributed by atoms with van der Waals surface area (Å²) in [5.41, 5.74) is 12.6. The van der Waals surface area contributed by atoms with Crippen LogP contribution in [0.4, 0.5) is 0 Å². The lowest BCUT2D eigenvalue weighted by atomic mass is 10.2. The molecule has 2 heterocycles. The quantitative estimate of drug-likeness (QED) is 0.235. The predicted octanol–water partition coefficient (Wildman–Crippen LogP) is -0.531. The maximum atomic E-state index is 11.7. The van der Waals surface area contributed by atoms with Crippen LogP contribution in [-0.4, -0.2) is 43.3 Å². The molecule has 134 valence electrons. The Kier molecular flexibility index (Phi) is 6.87. The zero-order chi connectivity index (χ0) is 18.5. The molecule has 0 saturated carbocycles. The number of phosphoric ester groups is 1. The lowest BCUT2D eigenvalue weighted by molar-refractivity contribution is -0.0451. The number of aromatic amines is 1. The lowest BCUT2D eigenvalue weighted by Gasteiger charge is -2.16. The number of nitrogens with zero attached hydrogens (tertiary/aromatic N) is 4. The first-order valence-electron chi connectivity index (χ1n) is 6.43. The summed E-state index contributed by atoms with van der Waals surface area (Å²) in [6.45, 7) is 0.994. The van der Waals surface area contributed by atoms with Gasteiger partial charge in [-0.2, -0.15) is 0 Å². The van der Waals surface area contributed by atoms with E-state index in [1.54, 1.807) is 0 Å². The third-order valence-corrected chi connectivity index (χ3v) is 3.55. The van der Waals surface area contributed by atoms with Gasteiger partial charge in [0.1, 0.15) is 12.3 Å². The molecule has 0 unspecified atom stereocenters. The van der Waals surface area contributed by atoms with Crippen LogP contribution in [0.25, 0.3) is 16.0 Å². The average Bonchev–Trinajstić information content (AvgIpc) is 2.82. The van der Waals surface area contributed by atoms with Crippen molar-refractivity contribution in [2.24, 2.45) is 0 Å². The molecule has 1 aromatic rings. The summed E-state index contributed by atoms with van der Waals surface area (Å²) in [6.07, 6.45) is -1.57. The van der Waals surface area contributed by atoms with E-state index in [2.05, 4.69) is 9.51 Å². The molecule has 2 rings (SSSR count). The molecule has 24 heavy (non-hydrogen) atoms. The second-order valence-electron chi connectivity index (χ2n) is 4.79. The highest BCUT2D eigenvalue weighted by Crippen LogP contribution is 2.38. The summed E-state index contributed by atoms with van der Waals surface area (Å²) in [5, 5.41) is 9.79. The van der Waals surface area contributed by atoms with Crippen LogP contribution in [-0.2, 0) is 13.8 Å². The summed E-state index contributed by atoms with van der Waals surface area (Å²) >= 11 is 0. The molecule has 4 N–H and O–H groups in total. The van der Waals surface area contributed by atoms with Crippen molar-refractivity contribution in [2.75, 3.05) is 6.61 Å². The number of aliphatic hydroxyl groups excluding tert-OH is 1. The first-order chi connectivity index (χ1) is 11.1. The van der Waals surface area contributed by atoms with E-state index in [0.717, 1.165) is 4.57 Å². The van der Waals surface area contributed by atoms with Gasteiger partial charge in [0.2, 0.25) is 0 Å². The number of hydrogen-bond acceptors (Lipinski definition) is 6. The van der Waals surface area contributed by atoms with Crippen molar-refractivity contribution < 1.29 is 28.7 Å². The first-order valence-corrected chi connectivity index (χ1v) is 7.96. The van der Waals surface area contributed by atoms with Crippen LogP contribution in [0.5, 0.6) is 0 Å². The number of ether oxygens (including phenoxy) is 1. The van der Waals surface area contributed by atoms with Gasteiger partial charge in [-0.25, -0.2) is 9.36 Å². The number of hydrogen-bond donors (Lipinski definition) is 4. The van der Waals surface area contributed by atoms with E-state index in [9.17, 15) is 19.3 Å². The van der Waals surface area contributed by atoms with Crippen LogP contribution in [0.3, 0.4) is 0 Å². The van der Waals surface area contributed by atoms with Gasteiger partial charge in [0.05, 0.1) is 12.7 Å². The fourth-order valence-corrected chi connectivity index (χ4v) is 2.35. The highest BCUT2D eigenvalue weighted by atomic mass is 31.2. The molecule has 13 nitrogen and oxygen atoms in total. The molecule has 3 atom stereocenters. The third kappa shape index (κ3) is 5.58. The smallest absolute Gasteiger partial charge is 0.390 e. The third-order valence-electron chi connectivity index (χ3n) is 3.07. The van der Waals surface area contributed by atoms with Crippen molar-refractivity contribution in [1.82, 2.24) is 9.55 Å². The second-order valence-corrected chi connectivity index (χ2v) is 6.03. The summed E-state index contributed by atoms with van der Waals surface area (Å²) in [5.74, 6) is 0. The minimum absolute atomic E-state index is 0.0283. The number of rotatable bonds is 4. The maximum Gasteiger partial charge on any atom is 0.469 e. The molecule has 1 saturated heterocycles. The molecule has 0 spiro atoms. The fraction of sp³-hybridized carbons (Fsp3) is 0.600. The molecule has 0 amide bonds. The van der Waals surface area contributed by atoms with E-state index in [-0.39, 0.29) is 6.42 Å². The van der Waals surface area contributed by atoms with E-state index < -0.39 is 44.1 Å². The lowest BCUT2D eigenvalue weighted by Crippen LogP contribution is -2.33. The molecule has 1 aromatic heterocycles. The largest absolute Gasteiger partial charge is 0.469 e. The van der Waals surface area contributed by atoms with E-state index in [1.807, 2.05) is 0 Å². The second kappa shape index (κ2) is 8.22. The van der Waals surface area contributed by atoms with E-state index in [4.69, 9.17) is 25.6 Å². The van der Waals surface area contributed by atoms with Crippen molar-refractivity contribution in [2.45, 2.75) is 31.8 Å². The van der Waals surface area contributed by atoms with Gasteiger partial charge < -0.3 is 30.7 Å². The highest BCUT2D eigenvalue weighted by molar-refractivity contribution is 7.46. The van der Waals surface area contributed by atoms with Gasteiger partial charge in [0, 0.05) is 18.2 Å². The van der Waals surface area contributed by atoms with Gasteiger partial charge in [0.25, 0.3) is 5.56 Å². The van der Waals surface area contributed by atoms with E-state index >= 15 is 0 Å². The number of aromatic nitrogens is 2. The first kappa shape index (κ1) is 20.1. The Morgan fingerprint density at radius 3 is 2.62 bits per heavy atom.